The zero-order chi connectivity index (χ0) is 12.8. The highest BCUT2D eigenvalue weighted by Gasteiger charge is 2.27. The van der Waals surface area contributed by atoms with Crippen LogP contribution in [-0.4, -0.2) is 29.7 Å². The highest BCUT2D eigenvalue weighted by Crippen LogP contribution is 2.21. The third-order valence-corrected chi connectivity index (χ3v) is 2.72. The summed E-state index contributed by atoms with van der Waals surface area (Å²) in [7, 11) is 0. The Hall–Kier alpha value is -0.610. The molecule has 0 aliphatic heterocycles. The summed E-state index contributed by atoms with van der Waals surface area (Å²) in [5.74, 6) is -0.116. The molecular weight excluding hydrogens is 204 g/mol. The van der Waals surface area contributed by atoms with Gasteiger partial charge in [-0.05, 0) is 18.3 Å². The molecule has 0 rings (SSSR count). The van der Waals surface area contributed by atoms with Gasteiger partial charge in [-0.3, -0.25) is 4.79 Å². The molecule has 2 atom stereocenters. The van der Waals surface area contributed by atoms with Crippen LogP contribution in [0.5, 0.6) is 0 Å². The largest absolute Gasteiger partial charge is 0.396 e. The lowest BCUT2D eigenvalue weighted by Crippen LogP contribution is -2.50. The van der Waals surface area contributed by atoms with Crippen molar-refractivity contribution in [2.75, 3.05) is 6.61 Å². The van der Waals surface area contributed by atoms with Gasteiger partial charge in [0.05, 0.1) is 6.04 Å². The van der Waals surface area contributed by atoms with Crippen molar-refractivity contribution in [3.8, 4) is 0 Å². The van der Waals surface area contributed by atoms with E-state index in [4.69, 9.17) is 10.8 Å². The SMILES string of the molecule is CCC[C@@H](N)C(=O)NC(CCO)C(C)(C)C. The molecule has 0 aliphatic carbocycles. The lowest BCUT2D eigenvalue weighted by atomic mass is 9.84. The lowest BCUT2D eigenvalue weighted by molar-refractivity contribution is -0.124. The number of carbonyl (C=O) groups excluding carboxylic acids is 1. The van der Waals surface area contributed by atoms with Crippen LogP contribution in [0, 0.1) is 5.41 Å². The first kappa shape index (κ1) is 15.4. The molecule has 0 saturated carbocycles. The van der Waals surface area contributed by atoms with Crippen molar-refractivity contribution in [3.05, 3.63) is 0 Å². The zero-order valence-electron chi connectivity index (χ0n) is 10.9. The molecule has 0 aromatic heterocycles. The van der Waals surface area contributed by atoms with E-state index in [0.29, 0.717) is 12.8 Å². The second-order valence-electron chi connectivity index (χ2n) is 5.33. The minimum Gasteiger partial charge on any atom is -0.396 e. The summed E-state index contributed by atoms with van der Waals surface area (Å²) in [5.41, 5.74) is 5.68. The molecule has 1 amide bonds. The van der Waals surface area contributed by atoms with Crippen molar-refractivity contribution in [2.45, 2.75) is 59.0 Å². The summed E-state index contributed by atoms with van der Waals surface area (Å²) in [6, 6.07) is -0.471. The van der Waals surface area contributed by atoms with Gasteiger partial charge < -0.3 is 16.2 Å². The van der Waals surface area contributed by atoms with Crippen LogP contribution < -0.4 is 11.1 Å². The van der Waals surface area contributed by atoms with Crippen molar-refractivity contribution in [3.63, 3.8) is 0 Å². The number of nitrogens with two attached hydrogens (primary N) is 1. The number of rotatable bonds is 6. The molecule has 0 saturated heterocycles. The van der Waals surface area contributed by atoms with E-state index in [1.54, 1.807) is 0 Å². The fourth-order valence-electron chi connectivity index (χ4n) is 1.57. The van der Waals surface area contributed by atoms with Crippen molar-refractivity contribution < 1.29 is 9.90 Å². The van der Waals surface area contributed by atoms with Gasteiger partial charge in [0.1, 0.15) is 0 Å². The van der Waals surface area contributed by atoms with E-state index in [9.17, 15) is 4.79 Å². The summed E-state index contributed by atoms with van der Waals surface area (Å²) in [6.07, 6.45) is 2.16. The van der Waals surface area contributed by atoms with Gasteiger partial charge in [0.15, 0.2) is 0 Å². The Morgan fingerprint density at radius 1 is 1.38 bits per heavy atom. The predicted molar refractivity (Wildman–Crippen MR) is 66.0 cm³/mol. The molecule has 4 nitrogen and oxygen atoms in total. The molecule has 96 valence electrons. The minimum absolute atomic E-state index is 0.0343. The first-order valence-corrected chi connectivity index (χ1v) is 5.99. The van der Waals surface area contributed by atoms with Gasteiger partial charge in [-0.1, -0.05) is 34.1 Å². The highest BCUT2D eigenvalue weighted by molar-refractivity contribution is 5.81. The molecule has 4 N–H and O–H groups in total. The molecule has 0 radical (unpaired) electrons. The monoisotopic (exact) mass is 230 g/mol. The second kappa shape index (κ2) is 6.86. The quantitative estimate of drug-likeness (QED) is 0.638. The molecule has 1 unspecified atom stereocenters. The van der Waals surface area contributed by atoms with Crippen molar-refractivity contribution >= 4 is 5.91 Å². The Labute approximate surface area is 98.6 Å². The number of hydrogen-bond acceptors (Lipinski definition) is 3. The fourth-order valence-corrected chi connectivity index (χ4v) is 1.57. The van der Waals surface area contributed by atoms with Crippen LogP contribution in [0.25, 0.3) is 0 Å². The standard InChI is InChI=1S/C12H26N2O2/c1-5-6-9(13)11(16)14-10(7-8-15)12(2,3)4/h9-10,15H,5-8,13H2,1-4H3,(H,14,16)/t9-,10?/m1/s1. The van der Waals surface area contributed by atoms with Crippen LogP contribution in [0.1, 0.15) is 47.0 Å². The average Bonchev–Trinajstić information content (AvgIpc) is 2.15. The molecule has 0 fully saturated rings. The fraction of sp³-hybridized carbons (Fsp3) is 0.917. The number of hydrogen-bond donors (Lipinski definition) is 3. The van der Waals surface area contributed by atoms with Crippen LogP contribution in [0.2, 0.25) is 0 Å². The molecule has 0 heterocycles. The summed E-state index contributed by atoms with van der Waals surface area (Å²) in [4.78, 5) is 11.7. The summed E-state index contributed by atoms with van der Waals surface area (Å²) >= 11 is 0. The Balaban J connectivity index is 4.34. The number of carbonyl (C=O) groups is 1. The normalized spacial score (nSPS) is 15.6. The topological polar surface area (TPSA) is 75.4 Å². The Morgan fingerprint density at radius 3 is 2.31 bits per heavy atom. The maximum absolute atomic E-state index is 11.7. The Kier molecular flexibility index (Phi) is 6.60. The second-order valence-corrected chi connectivity index (χ2v) is 5.33. The Bertz CT molecular complexity index is 212. The van der Waals surface area contributed by atoms with E-state index in [1.165, 1.54) is 0 Å². The number of aliphatic hydroxyl groups excluding tert-OH is 1. The van der Waals surface area contributed by atoms with Crippen LogP contribution in [0.3, 0.4) is 0 Å². The van der Waals surface area contributed by atoms with E-state index in [-0.39, 0.29) is 24.0 Å². The predicted octanol–water partition coefficient (Wildman–Crippen LogP) is 1.03. The molecule has 0 bridgehead atoms. The van der Waals surface area contributed by atoms with Crippen molar-refractivity contribution in [1.82, 2.24) is 5.32 Å². The van der Waals surface area contributed by atoms with Gasteiger partial charge >= 0.3 is 0 Å². The molecule has 0 aliphatic rings. The van der Waals surface area contributed by atoms with E-state index < -0.39 is 6.04 Å². The highest BCUT2D eigenvalue weighted by atomic mass is 16.3. The van der Waals surface area contributed by atoms with Gasteiger partial charge in [0, 0.05) is 12.6 Å². The summed E-state index contributed by atoms with van der Waals surface area (Å²) in [5, 5.41) is 11.9. The molecule has 4 heteroatoms. The smallest absolute Gasteiger partial charge is 0.237 e. The van der Waals surface area contributed by atoms with E-state index in [0.717, 1.165) is 6.42 Å². The van der Waals surface area contributed by atoms with Crippen molar-refractivity contribution in [2.24, 2.45) is 11.1 Å². The third-order valence-electron chi connectivity index (χ3n) is 2.72. The molecule has 0 aromatic carbocycles. The first-order chi connectivity index (χ1) is 7.32. The van der Waals surface area contributed by atoms with Gasteiger partial charge in [0.2, 0.25) is 5.91 Å². The van der Waals surface area contributed by atoms with Gasteiger partial charge in [-0.25, -0.2) is 0 Å². The van der Waals surface area contributed by atoms with E-state index in [2.05, 4.69) is 5.32 Å². The van der Waals surface area contributed by atoms with Crippen molar-refractivity contribution in [1.29, 1.82) is 0 Å². The average molecular weight is 230 g/mol. The molecule has 0 spiro atoms. The molecular formula is C12H26N2O2. The van der Waals surface area contributed by atoms with Gasteiger partial charge in [0.25, 0.3) is 0 Å². The minimum atomic E-state index is -0.437. The Morgan fingerprint density at radius 2 is 1.94 bits per heavy atom. The maximum Gasteiger partial charge on any atom is 0.237 e. The number of nitrogens with one attached hydrogen (secondary N) is 1. The van der Waals surface area contributed by atoms with Crippen LogP contribution in [-0.2, 0) is 4.79 Å². The number of aliphatic hydroxyl groups is 1. The van der Waals surface area contributed by atoms with Crippen LogP contribution >= 0.6 is 0 Å². The lowest BCUT2D eigenvalue weighted by Gasteiger charge is -2.32. The molecule has 0 aromatic rings. The maximum atomic E-state index is 11.7. The summed E-state index contributed by atoms with van der Waals surface area (Å²) in [6.45, 7) is 8.20. The van der Waals surface area contributed by atoms with Crippen LogP contribution in [0.4, 0.5) is 0 Å². The summed E-state index contributed by atoms with van der Waals surface area (Å²) < 4.78 is 0. The first-order valence-electron chi connectivity index (χ1n) is 5.99. The van der Waals surface area contributed by atoms with Gasteiger partial charge in [-0.15, -0.1) is 0 Å². The van der Waals surface area contributed by atoms with Gasteiger partial charge in [-0.2, -0.15) is 0 Å². The number of amides is 1. The third kappa shape index (κ3) is 5.47. The van der Waals surface area contributed by atoms with Crippen LogP contribution in [0.15, 0.2) is 0 Å². The van der Waals surface area contributed by atoms with E-state index >= 15 is 0 Å². The zero-order valence-corrected chi connectivity index (χ0v) is 10.9. The molecule has 16 heavy (non-hydrogen) atoms. The van der Waals surface area contributed by atoms with E-state index in [1.807, 2.05) is 27.7 Å².